The number of aromatic nitrogens is 3. The fraction of sp³-hybridized carbons (Fsp3) is 0.0909. The van der Waals surface area contributed by atoms with Crippen LogP contribution in [0.15, 0.2) is 30.6 Å². The standard InChI is InChI=1S/C11H8N3.Ir/c1-8-6-9-4-2-3-5-10(9)11-12-7-13-14(8)11;/h2-4,6-7H,1H3;/q-1;. The van der Waals surface area contributed by atoms with Crippen molar-refractivity contribution < 1.29 is 20.1 Å². The predicted octanol–water partition coefficient (Wildman–Crippen LogP) is 1.99. The maximum absolute atomic E-state index is 4.23. The number of benzene rings is 1. The molecule has 0 amide bonds. The van der Waals surface area contributed by atoms with Crippen molar-refractivity contribution in [2.24, 2.45) is 0 Å². The van der Waals surface area contributed by atoms with Crippen LogP contribution in [0.1, 0.15) is 5.69 Å². The van der Waals surface area contributed by atoms with Crippen LogP contribution in [0.4, 0.5) is 0 Å². The van der Waals surface area contributed by atoms with Gasteiger partial charge in [-0.1, -0.05) is 11.5 Å². The monoisotopic (exact) mass is 375 g/mol. The minimum Gasteiger partial charge on any atom is -0.264 e. The van der Waals surface area contributed by atoms with Crippen molar-refractivity contribution in [1.29, 1.82) is 0 Å². The molecule has 77 valence electrons. The summed E-state index contributed by atoms with van der Waals surface area (Å²) in [4.78, 5) is 4.23. The van der Waals surface area contributed by atoms with Crippen LogP contribution in [0.2, 0.25) is 0 Å². The first kappa shape index (κ1) is 10.3. The van der Waals surface area contributed by atoms with E-state index in [0.717, 1.165) is 22.1 Å². The topological polar surface area (TPSA) is 30.2 Å². The summed E-state index contributed by atoms with van der Waals surface area (Å²) in [6, 6.07) is 11.2. The Balaban J connectivity index is 0.000000853. The van der Waals surface area contributed by atoms with Gasteiger partial charge in [0.2, 0.25) is 0 Å². The fourth-order valence-electron chi connectivity index (χ4n) is 1.72. The molecule has 0 spiro atoms. The number of aryl methyl sites for hydroxylation is 1. The number of nitrogens with zero attached hydrogens (tertiary/aromatic N) is 3. The van der Waals surface area contributed by atoms with Gasteiger partial charge < -0.3 is 0 Å². The molecule has 3 rings (SSSR count). The van der Waals surface area contributed by atoms with E-state index in [2.05, 4.69) is 28.3 Å². The molecule has 0 unspecified atom stereocenters. The molecule has 3 aromatic rings. The largest absolute Gasteiger partial charge is 0.264 e. The van der Waals surface area contributed by atoms with E-state index >= 15 is 0 Å². The molecule has 0 aliphatic carbocycles. The van der Waals surface area contributed by atoms with E-state index in [1.54, 1.807) is 6.33 Å². The Labute approximate surface area is 100 Å². The summed E-state index contributed by atoms with van der Waals surface area (Å²) in [5.74, 6) is 0. The van der Waals surface area contributed by atoms with E-state index in [-0.39, 0.29) is 20.1 Å². The van der Waals surface area contributed by atoms with Crippen LogP contribution in [0, 0.1) is 13.0 Å². The summed E-state index contributed by atoms with van der Waals surface area (Å²) >= 11 is 0. The number of rotatable bonds is 0. The summed E-state index contributed by atoms with van der Waals surface area (Å²) < 4.78 is 1.83. The summed E-state index contributed by atoms with van der Waals surface area (Å²) in [5, 5.41) is 6.34. The third-order valence-electron chi connectivity index (χ3n) is 2.36. The SMILES string of the molecule is Cc1cc2ccc[c-]c2c2ncnn12.[Ir]. The molecule has 0 bridgehead atoms. The van der Waals surface area contributed by atoms with E-state index in [0.29, 0.717) is 0 Å². The van der Waals surface area contributed by atoms with Gasteiger partial charge in [-0.2, -0.15) is 5.10 Å². The summed E-state index contributed by atoms with van der Waals surface area (Å²) in [5.41, 5.74) is 1.96. The van der Waals surface area contributed by atoms with Crippen LogP contribution in [0.3, 0.4) is 0 Å². The van der Waals surface area contributed by atoms with Crippen molar-refractivity contribution in [1.82, 2.24) is 14.6 Å². The molecule has 0 aliphatic heterocycles. The second kappa shape index (κ2) is 3.72. The molecule has 3 nitrogen and oxygen atoms in total. The first-order chi connectivity index (χ1) is 6.86. The van der Waals surface area contributed by atoms with Crippen LogP contribution in [-0.4, -0.2) is 14.6 Å². The molecule has 1 radical (unpaired) electrons. The third kappa shape index (κ3) is 1.46. The van der Waals surface area contributed by atoms with Crippen molar-refractivity contribution >= 4 is 16.4 Å². The van der Waals surface area contributed by atoms with E-state index in [4.69, 9.17) is 0 Å². The molecule has 0 atom stereocenters. The first-order valence-electron chi connectivity index (χ1n) is 4.46. The van der Waals surface area contributed by atoms with Crippen molar-refractivity contribution in [3.8, 4) is 0 Å². The van der Waals surface area contributed by atoms with Gasteiger partial charge in [0.1, 0.15) is 6.33 Å². The molecular weight excluding hydrogens is 366 g/mol. The zero-order chi connectivity index (χ0) is 9.54. The number of hydrogen-bond acceptors (Lipinski definition) is 2. The van der Waals surface area contributed by atoms with Gasteiger partial charge in [-0.3, -0.25) is 9.50 Å². The van der Waals surface area contributed by atoms with Crippen molar-refractivity contribution in [3.05, 3.63) is 42.4 Å². The maximum Gasteiger partial charge on any atom is 0.127 e. The second-order valence-electron chi connectivity index (χ2n) is 3.28. The first-order valence-corrected chi connectivity index (χ1v) is 4.46. The van der Waals surface area contributed by atoms with Crippen LogP contribution in [-0.2, 0) is 20.1 Å². The van der Waals surface area contributed by atoms with Crippen LogP contribution < -0.4 is 0 Å². The number of pyridine rings is 1. The Kier molecular flexibility index (Phi) is 2.55. The minimum absolute atomic E-state index is 0. The summed E-state index contributed by atoms with van der Waals surface area (Å²) in [6.45, 7) is 2.02. The van der Waals surface area contributed by atoms with Crippen LogP contribution in [0.5, 0.6) is 0 Å². The van der Waals surface area contributed by atoms with E-state index < -0.39 is 0 Å². The summed E-state index contributed by atoms with van der Waals surface area (Å²) in [7, 11) is 0. The van der Waals surface area contributed by atoms with Gasteiger partial charge in [-0.05, 0) is 6.92 Å². The normalized spacial score (nSPS) is 10.5. The van der Waals surface area contributed by atoms with E-state index in [1.807, 2.05) is 23.6 Å². The second-order valence-corrected chi connectivity index (χ2v) is 3.28. The Morgan fingerprint density at radius 1 is 1.40 bits per heavy atom. The number of hydrogen-bond donors (Lipinski definition) is 0. The van der Waals surface area contributed by atoms with Gasteiger partial charge in [0, 0.05) is 25.8 Å². The predicted molar refractivity (Wildman–Crippen MR) is 54.1 cm³/mol. The summed E-state index contributed by atoms with van der Waals surface area (Å²) in [6.07, 6.45) is 1.57. The molecule has 2 heterocycles. The van der Waals surface area contributed by atoms with Crippen molar-refractivity contribution in [2.75, 3.05) is 0 Å². The maximum atomic E-state index is 4.23. The van der Waals surface area contributed by atoms with Gasteiger partial charge in [-0.25, -0.2) is 0 Å². The smallest absolute Gasteiger partial charge is 0.127 e. The Morgan fingerprint density at radius 2 is 2.27 bits per heavy atom. The van der Waals surface area contributed by atoms with Crippen LogP contribution >= 0.6 is 0 Å². The van der Waals surface area contributed by atoms with E-state index in [1.165, 1.54) is 0 Å². The third-order valence-corrected chi connectivity index (χ3v) is 2.36. The average molecular weight is 374 g/mol. The fourth-order valence-corrected chi connectivity index (χ4v) is 1.72. The number of fused-ring (bicyclic) bond motifs is 3. The molecular formula is C11H8IrN3-. The van der Waals surface area contributed by atoms with Crippen molar-refractivity contribution in [3.63, 3.8) is 0 Å². The van der Waals surface area contributed by atoms with Crippen molar-refractivity contribution in [2.45, 2.75) is 6.92 Å². The molecule has 0 fully saturated rings. The van der Waals surface area contributed by atoms with Gasteiger partial charge in [0.25, 0.3) is 0 Å². The molecule has 1 aromatic carbocycles. The van der Waals surface area contributed by atoms with Gasteiger partial charge in [0.15, 0.2) is 0 Å². The quantitative estimate of drug-likeness (QED) is 0.564. The van der Waals surface area contributed by atoms with Crippen LogP contribution in [0.25, 0.3) is 16.4 Å². The average Bonchev–Trinajstić information content (AvgIpc) is 2.67. The van der Waals surface area contributed by atoms with Gasteiger partial charge >= 0.3 is 0 Å². The molecule has 2 aromatic heterocycles. The molecule has 0 saturated carbocycles. The molecule has 0 aliphatic rings. The molecule has 4 heteroatoms. The van der Waals surface area contributed by atoms with E-state index in [9.17, 15) is 0 Å². The minimum atomic E-state index is 0. The van der Waals surface area contributed by atoms with Gasteiger partial charge in [-0.15, -0.1) is 29.7 Å². The Bertz CT molecular complexity index is 615. The molecule has 0 N–H and O–H groups in total. The Morgan fingerprint density at radius 3 is 3.13 bits per heavy atom. The zero-order valence-corrected chi connectivity index (χ0v) is 10.5. The molecule has 0 saturated heterocycles. The Hall–Kier alpha value is -1.25. The van der Waals surface area contributed by atoms with Gasteiger partial charge in [0.05, 0.1) is 5.65 Å². The zero-order valence-electron chi connectivity index (χ0n) is 8.06. The molecule has 15 heavy (non-hydrogen) atoms.